The Morgan fingerprint density at radius 2 is 2.00 bits per heavy atom. The Kier molecular flexibility index (Phi) is 6.49. The molecule has 1 aromatic heterocycles. The molecular weight excluding hydrogens is 316 g/mol. The Labute approximate surface area is 150 Å². The minimum Gasteiger partial charge on any atom is -0.324 e. The highest BCUT2D eigenvalue weighted by Crippen LogP contribution is 2.36. The molecule has 0 unspecified atom stereocenters. The standard InChI is InChI=1S/C19H32N4O2/c1-4-18(2)10-7-15-14-23(22-21-15)12-6-5-9-19(3,17(25)13-20)11-8-16(18)24/h14H,4-13,20H2,1-3H3/t18-,19+/m0/s1. The van der Waals surface area contributed by atoms with Crippen molar-refractivity contribution in [3.05, 3.63) is 11.9 Å². The van der Waals surface area contributed by atoms with E-state index in [1.165, 1.54) is 0 Å². The summed E-state index contributed by atoms with van der Waals surface area (Å²) in [7, 11) is 0. The van der Waals surface area contributed by atoms with Gasteiger partial charge in [0.15, 0.2) is 5.78 Å². The molecule has 0 amide bonds. The van der Waals surface area contributed by atoms with Gasteiger partial charge in [0.2, 0.25) is 0 Å². The lowest BCUT2D eigenvalue weighted by Gasteiger charge is -2.31. The van der Waals surface area contributed by atoms with Crippen molar-refractivity contribution in [2.75, 3.05) is 6.54 Å². The Bertz CT molecular complexity index is 612. The molecular formula is C19H32N4O2. The predicted octanol–water partition coefficient (Wildman–Crippen LogP) is 2.69. The number of carbonyl (C=O) groups is 2. The molecule has 2 heterocycles. The number of ketones is 2. The fourth-order valence-electron chi connectivity index (χ4n) is 3.61. The highest BCUT2D eigenvalue weighted by atomic mass is 16.1. The van der Waals surface area contributed by atoms with Crippen molar-refractivity contribution in [1.29, 1.82) is 0 Å². The molecule has 6 nitrogen and oxygen atoms in total. The summed E-state index contributed by atoms with van der Waals surface area (Å²) in [6.07, 6.45) is 7.96. The average Bonchev–Trinajstić information content (AvgIpc) is 3.07. The van der Waals surface area contributed by atoms with Crippen molar-refractivity contribution in [2.45, 2.75) is 78.7 Å². The number of hydrogen-bond donors (Lipinski definition) is 1. The van der Waals surface area contributed by atoms with Crippen LogP contribution in [-0.2, 0) is 22.6 Å². The van der Waals surface area contributed by atoms with Crippen LogP contribution >= 0.6 is 0 Å². The number of rotatable bonds is 3. The van der Waals surface area contributed by atoms with Gasteiger partial charge in [-0.05, 0) is 38.5 Å². The van der Waals surface area contributed by atoms with Crippen LogP contribution in [0.5, 0.6) is 0 Å². The third-order valence-corrected chi connectivity index (χ3v) is 6.10. The van der Waals surface area contributed by atoms with Crippen LogP contribution in [-0.4, -0.2) is 33.1 Å². The largest absolute Gasteiger partial charge is 0.324 e. The molecule has 1 aromatic rings. The van der Waals surface area contributed by atoms with Crippen molar-refractivity contribution < 1.29 is 9.59 Å². The van der Waals surface area contributed by atoms with Crippen LogP contribution in [0.2, 0.25) is 0 Å². The third-order valence-electron chi connectivity index (χ3n) is 6.10. The maximum absolute atomic E-state index is 12.9. The first-order chi connectivity index (χ1) is 11.8. The minimum atomic E-state index is -0.503. The second kappa shape index (κ2) is 8.21. The van der Waals surface area contributed by atoms with Crippen LogP contribution in [0.3, 0.4) is 0 Å². The number of aryl methyl sites for hydroxylation is 2. The second-order valence-corrected chi connectivity index (χ2v) is 7.96. The van der Waals surface area contributed by atoms with Crippen molar-refractivity contribution in [2.24, 2.45) is 16.6 Å². The van der Waals surface area contributed by atoms with Gasteiger partial charge in [-0.25, -0.2) is 0 Å². The normalized spacial score (nSPS) is 29.2. The van der Waals surface area contributed by atoms with E-state index in [2.05, 4.69) is 17.2 Å². The van der Waals surface area contributed by atoms with Crippen molar-refractivity contribution in [3.8, 4) is 0 Å². The maximum Gasteiger partial charge on any atom is 0.152 e. The van der Waals surface area contributed by atoms with Gasteiger partial charge in [-0.3, -0.25) is 14.3 Å². The second-order valence-electron chi connectivity index (χ2n) is 7.96. The monoisotopic (exact) mass is 348 g/mol. The van der Waals surface area contributed by atoms with E-state index in [-0.39, 0.29) is 23.5 Å². The van der Waals surface area contributed by atoms with E-state index in [9.17, 15) is 9.59 Å². The highest BCUT2D eigenvalue weighted by molar-refractivity contribution is 5.88. The predicted molar refractivity (Wildman–Crippen MR) is 97.0 cm³/mol. The summed E-state index contributed by atoms with van der Waals surface area (Å²) in [4.78, 5) is 25.3. The lowest BCUT2D eigenvalue weighted by atomic mass is 9.72. The van der Waals surface area contributed by atoms with E-state index in [1.807, 2.05) is 24.7 Å². The zero-order chi connectivity index (χ0) is 18.5. The number of hydrogen-bond acceptors (Lipinski definition) is 5. The molecule has 0 fully saturated rings. The number of fused-ring (bicyclic) bond motifs is 2. The quantitative estimate of drug-likeness (QED) is 0.907. The van der Waals surface area contributed by atoms with Crippen LogP contribution in [0.15, 0.2) is 6.20 Å². The zero-order valence-corrected chi connectivity index (χ0v) is 15.9. The van der Waals surface area contributed by atoms with Gasteiger partial charge in [0.25, 0.3) is 0 Å². The molecule has 0 saturated carbocycles. The van der Waals surface area contributed by atoms with Gasteiger partial charge in [-0.2, -0.15) is 0 Å². The van der Waals surface area contributed by atoms with E-state index in [1.54, 1.807) is 0 Å². The average molecular weight is 348 g/mol. The Morgan fingerprint density at radius 3 is 2.68 bits per heavy atom. The van der Waals surface area contributed by atoms with E-state index in [0.29, 0.717) is 12.8 Å². The number of carbonyl (C=O) groups excluding carboxylic acids is 2. The summed E-state index contributed by atoms with van der Waals surface area (Å²) < 4.78 is 1.87. The van der Waals surface area contributed by atoms with E-state index >= 15 is 0 Å². The summed E-state index contributed by atoms with van der Waals surface area (Å²) in [5.41, 5.74) is 5.71. The molecule has 0 saturated heterocycles. The van der Waals surface area contributed by atoms with Crippen LogP contribution in [0.25, 0.3) is 0 Å². The Hall–Kier alpha value is -1.56. The van der Waals surface area contributed by atoms with Crippen molar-refractivity contribution in [3.63, 3.8) is 0 Å². The third kappa shape index (κ3) is 4.75. The molecule has 0 radical (unpaired) electrons. The Morgan fingerprint density at radius 1 is 1.24 bits per heavy atom. The smallest absolute Gasteiger partial charge is 0.152 e. The van der Waals surface area contributed by atoms with Crippen molar-refractivity contribution in [1.82, 2.24) is 15.0 Å². The molecule has 25 heavy (non-hydrogen) atoms. The maximum atomic E-state index is 12.9. The van der Waals surface area contributed by atoms with Gasteiger partial charge >= 0.3 is 0 Å². The van der Waals surface area contributed by atoms with Gasteiger partial charge in [0.1, 0.15) is 5.78 Å². The van der Waals surface area contributed by atoms with Gasteiger partial charge < -0.3 is 5.73 Å². The van der Waals surface area contributed by atoms with Crippen LogP contribution in [0.1, 0.15) is 71.4 Å². The van der Waals surface area contributed by atoms with E-state index < -0.39 is 5.41 Å². The number of aromatic nitrogens is 3. The van der Waals surface area contributed by atoms with Crippen LogP contribution < -0.4 is 5.73 Å². The summed E-state index contributed by atoms with van der Waals surface area (Å²) in [5.74, 6) is 0.309. The molecule has 2 rings (SSSR count). The lowest BCUT2D eigenvalue weighted by molar-refractivity contribution is -0.131. The summed E-state index contributed by atoms with van der Waals surface area (Å²) in [6.45, 7) is 6.92. The number of nitrogens with zero attached hydrogens (tertiary/aromatic N) is 3. The molecule has 2 bridgehead atoms. The summed E-state index contributed by atoms with van der Waals surface area (Å²) >= 11 is 0. The molecule has 6 heteroatoms. The molecule has 140 valence electrons. The van der Waals surface area contributed by atoms with Gasteiger partial charge in [-0.15, -0.1) is 5.10 Å². The molecule has 2 atom stereocenters. The number of nitrogens with two attached hydrogens (primary N) is 1. The first-order valence-electron chi connectivity index (χ1n) is 9.49. The summed E-state index contributed by atoms with van der Waals surface area (Å²) in [6, 6.07) is 0. The molecule has 1 aliphatic heterocycles. The molecule has 0 spiro atoms. The lowest BCUT2D eigenvalue weighted by Crippen LogP contribution is -2.36. The van der Waals surface area contributed by atoms with Crippen molar-refractivity contribution >= 4 is 11.6 Å². The van der Waals surface area contributed by atoms with Gasteiger partial charge in [0, 0.05) is 30.0 Å². The Balaban J connectivity index is 2.23. The number of Topliss-reactive ketones (excluding diaryl/α,β-unsaturated/α-hetero) is 2. The fourth-order valence-corrected chi connectivity index (χ4v) is 3.61. The highest BCUT2D eigenvalue weighted by Gasteiger charge is 2.36. The fraction of sp³-hybridized carbons (Fsp3) is 0.789. The molecule has 0 aliphatic carbocycles. The zero-order valence-electron chi connectivity index (χ0n) is 15.9. The first-order valence-corrected chi connectivity index (χ1v) is 9.49. The first kappa shape index (κ1) is 19.8. The topological polar surface area (TPSA) is 90.9 Å². The van der Waals surface area contributed by atoms with E-state index in [4.69, 9.17) is 5.73 Å². The minimum absolute atomic E-state index is 0.0438. The molecule has 0 aromatic carbocycles. The molecule has 1 aliphatic rings. The van der Waals surface area contributed by atoms with E-state index in [0.717, 1.165) is 50.8 Å². The van der Waals surface area contributed by atoms with Crippen LogP contribution in [0, 0.1) is 10.8 Å². The van der Waals surface area contributed by atoms with Crippen LogP contribution in [0.4, 0.5) is 0 Å². The molecule has 2 N–H and O–H groups in total. The SMILES string of the molecule is CC[C@@]1(C)CCc2cn(nn2)CCCC[C@@](C)(C(=O)CN)CCC1=O. The van der Waals surface area contributed by atoms with Gasteiger partial charge in [0.05, 0.1) is 12.2 Å². The summed E-state index contributed by atoms with van der Waals surface area (Å²) in [5, 5.41) is 8.42. The van der Waals surface area contributed by atoms with Gasteiger partial charge in [-0.1, -0.05) is 32.4 Å².